The second-order valence-corrected chi connectivity index (χ2v) is 4.02. The van der Waals surface area contributed by atoms with Crippen molar-refractivity contribution in [1.82, 2.24) is 14.9 Å². The van der Waals surface area contributed by atoms with Crippen LogP contribution in [0.25, 0.3) is 0 Å². The van der Waals surface area contributed by atoms with Gasteiger partial charge in [0.25, 0.3) is 0 Å². The Morgan fingerprint density at radius 3 is 3.19 bits per heavy atom. The van der Waals surface area contributed by atoms with Crippen molar-refractivity contribution in [2.45, 2.75) is 25.4 Å². The maximum atomic E-state index is 4.70. The molecular weight excluding hydrogens is 200 g/mol. The second-order valence-electron chi connectivity index (χ2n) is 4.02. The van der Waals surface area contributed by atoms with Crippen LogP contribution in [0.1, 0.15) is 13.3 Å². The Balaban J connectivity index is 1.90. The number of hydrogen-bond donors (Lipinski definition) is 1. The van der Waals surface area contributed by atoms with Gasteiger partial charge in [-0.3, -0.25) is 9.56 Å². The Hall–Kier alpha value is -1.84. The molecule has 0 amide bonds. The number of nitrogens with zero attached hydrogens (tertiary/aromatic N) is 3. The number of fused-ring (bicyclic) bond motifs is 1. The van der Waals surface area contributed by atoms with Crippen LogP contribution in [0.15, 0.2) is 47.6 Å². The van der Waals surface area contributed by atoms with E-state index in [0.717, 1.165) is 12.3 Å². The standard InChI is InChI=1S/C12H14N4/c1-2-9-7-11-10(14-9)3-4-12(15-11)16-6-5-13-8-16/h3-8,10-11,14H,2H2,1H3. The molecule has 3 heterocycles. The quantitative estimate of drug-likeness (QED) is 0.766. The van der Waals surface area contributed by atoms with Gasteiger partial charge in [-0.2, -0.15) is 0 Å². The van der Waals surface area contributed by atoms with Gasteiger partial charge in [-0.05, 0) is 18.6 Å². The van der Waals surface area contributed by atoms with Gasteiger partial charge in [0.15, 0.2) is 0 Å². The minimum absolute atomic E-state index is 0.234. The third-order valence-electron chi connectivity index (χ3n) is 2.98. The largest absolute Gasteiger partial charge is 0.380 e. The average Bonchev–Trinajstić information content (AvgIpc) is 2.96. The molecule has 2 unspecified atom stereocenters. The van der Waals surface area contributed by atoms with E-state index in [1.807, 2.05) is 16.8 Å². The lowest BCUT2D eigenvalue weighted by Gasteiger charge is -2.18. The number of imidazole rings is 1. The first-order valence-corrected chi connectivity index (χ1v) is 5.58. The zero-order chi connectivity index (χ0) is 11.0. The first-order valence-electron chi connectivity index (χ1n) is 5.58. The maximum Gasteiger partial charge on any atom is 0.133 e. The summed E-state index contributed by atoms with van der Waals surface area (Å²) in [5, 5.41) is 3.45. The normalized spacial score (nSPS) is 27.1. The molecule has 4 nitrogen and oxygen atoms in total. The lowest BCUT2D eigenvalue weighted by atomic mass is 10.1. The number of aliphatic imine (C=N–C) groups is 1. The van der Waals surface area contributed by atoms with Crippen LogP contribution in [0.2, 0.25) is 0 Å². The fourth-order valence-electron chi connectivity index (χ4n) is 2.09. The molecule has 0 fully saturated rings. The van der Waals surface area contributed by atoms with Crippen molar-refractivity contribution in [3.05, 3.63) is 42.6 Å². The highest BCUT2D eigenvalue weighted by atomic mass is 15.1. The van der Waals surface area contributed by atoms with E-state index in [9.17, 15) is 0 Å². The van der Waals surface area contributed by atoms with Crippen molar-refractivity contribution < 1.29 is 0 Å². The van der Waals surface area contributed by atoms with Crippen LogP contribution in [0.4, 0.5) is 0 Å². The minimum Gasteiger partial charge on any atom is -0.380 e. The summed E-state index contributed by atoms with van der Waals surface area (Å²) in [6, 6.07) is 0.569. The van der Waals surface area contributed by atoms with Crippen molar-refractivity contribution in [3.63, 3.8) is 0 Å². The van der Waals surface area contributed by atoms with Crippen LogP contribution in [-0.2, 0) is 0 Å². The molecule has 2 atom stereocenters. The van der Waals surface area contributed by atoms with E-state index in [2.05, 4.69) is 29.4 Å². The lowest BCUT2D eigenvalue weighted by Crippen LogP contribution is -2.32. The van der Waals surface area contributed by atoms with E-state index in [1.54, 1.807) is 12.5 Å². The fourth-order valence-corrected chi connectivity index (χ4v) is 2.09. The van der Waals surface area contributed by atoms with Gasteiger partial charge in [0, 0.05) is 18.1 Å². The summed E-state index contributed by atoms with van der Waals surface area (Å²) in [5.74, 6) is 0.953. The monoisotopic (exact) mass is 214 g/mol. The Morgan fingerprint density at radius 2 is 2.44 bits per heavy atom. The number of hydrogen-bond acceptors (Lipinski definition) is 3. The molecule has 82 valence electrons. The summed E-state index contributed by atoms with van der Waals surface area (Å²) in [4.78, 5) is 8.73. The zero-order valence-electron chi connectivity index (χ0n) is 9.17. The number of dihydropyridines is 1. The molecule has 4 heteroatoms. The highest BCUT2D eigenvalue weighted by Gasteiger charge is 2.26. The Bertz CT molecular complexity index is 467. The maximum absolute atomic E-state index is 4.70. The van der Waals surface area contributed by atoms with Gasteiger partial charge in [-0.25, -0.2) is 4.98 Å². The van der Waals surface area contributed by atoms with Crippen LogP contribution in [0.5, 0.6) is 0 Å². The van der Waals surface area contributed by atoms with E-state index in [4.69, 9.17) is 4.99 Å². The molecule has 0 spiro atoms. The Morgan fingerprint density at radius 1 is 1.50 bits per heavy atom. The first kappa shape index (κ1) is 9.39. The molecule has 0 bridgehead atoms. The van der Waals surface area contributed by atoms with Crippen molar-refractivity contribution in [2.75, 3.05) is 0 Å². The van der Waals surface area contributed by atoms with Crippen molar-refractivity contribution in [1.29, 1.82) is 0 Å². The molecule has 1 N–H and O–H groups in total. The van der Waals surface area contributed by atoms with Crippen molar-refractivity contribution in [2.24, 2.45) is 4.99 Å². The van der Waals surface area contributed by atoms with E-state index in [1.165, 1.54) is 5.70 Å². The van der Waals surface area contributed by atoms with E-state index < -0.39 is 0 Å². The summed E-state index contributed by atoms with van der Waals surface area (Å²) in [7, 11) is 0. The molecular formula is C12H14N4. The summed E-state index contributed by atoms with van der Waals surface area (Å²) in [6.45, 7) is 2.15. The summed E-state index contributed by atoms with van der Waals surface area (Å²) in [6.07, 6.45) is 12.9. The SMILES string of the molecule is CCC1=CC2N=C(n3ccnc3)C=CC2N1. The molecule has 0 saturated carbocycles. The van der Waals surface area contributed by atoms with Crippen LogP contribution in [-0.4, -0.2) is 27.5 Å². The average molecular weight is 214 g/mol. The molecule has 3 rings (SSSR count). The molecule has 2 aliphatic rings. The van der Waals surface area contributed by atoms with Gasteiger partial charge in [0.2, 0.25) is 0 Å². The van der Waals surface area contributed by atoms with Crippen LogP contribution < -0.4 is 5.32 Å². The van der Waals surface area contributed by atoms with Gasteiger partial charge >= 0.3 is 0 Å². The zero-order valence-corrected chi connectivity index (χ0v) is 9.17. The van der Waals surface area contributed by atoms with Crippen molar-refractivity contribution in [3.8, 4) is 0 Å². The van der Waals surface area contributed by atoms with Gasteiger partial charge in [0.1, 0.15) is 12.2 Å². The predicted molar refractivity (Wildman–Crippen MR) is 63.3 cm³/mol. The van der Waals surface area contributed by atoms with Gasteiger partial charge in [-0.1, -0.05) is 13.0 Å². The third-order valence-corrected chi connectivity index (χ3v) is 2.98. The van der Waals surface area contributed by atoms with Crippen LogP contribution in [0.3, 0.4) is 0 Å². The topological polar surface area (TPSA) is 42.2 Å². The highest BCUT2D eigenvalue weighted by molar-refractivity contribution is 5.95. The molecule has 1 aromatic rings. The third kappa shape index (κ3) is 1.46. The van der Waals surface area contributed by atoms with Crippen molar-refractivity contribution >= 4 is 5.84 Å². The molecule has 0 aliphatic carbocycles. The van der Waals surface area contributed by atoms with E-state index in [0.29, 0.717) is 6.04 Å². The molecule has 2 aliphatic heterocycles. The molecule has 16 heavy (non-hydrogen) atoms. The highest BCUT2D eigenvalue weighted by Crippen LogP contribution is 2.20. The number of rotatable bonds is 1. The van der Waals surface area contributed by atoms with Gasteiger partial charge in [0.05, 0.1) is 12.1 Å². The smallest absolute Gasteiger partial charge is 0.133 e. The Kier molecular flexibility index (Phi) is 2.13. The molecule has 1 aromatic heterocycles. The summed E-state index contributed by atoms with van der Waals surface area (Å²) in [5.41, 5.74) is 1.29. The second kappa shape index (κ2) is 3.63. The van der Waals surface area contributed by atoms with Gasteiger partial charge < -0.3 is 5.32 Å². The van der Waals surface area contributed by atoms with E-state index >= 15 is 0 Å². The molecule has 0 radical (unpaired) electrons. The lowest BCUT2D eigenvalue weighted by molar-refractivity contribution is 0.642. The van der Waals surface area contributed by atoms with Crippen LogP contribution in [0, 0.1) is 0 Å². The minimum atomic E-state index is 0.234. The predicted octanol–water partition coefficient (Wildman–Crippen LogP) is 1.33. The Labute approximate surface area is 94.4 Å². The number of aromatic nitrogens is 2. The van der Waals surface area contributed by atoms with E-state index in [-0.39, 0.29) is 6.04 Å². The summed E-state index contributed by atoms with van der Waals surface area (Å²) < 4.78 is 1.94. The van der Waals surface area contributed by atoms with Crippen LogP contribution >= 0.6 is 0 Å². The van der Waals surface area contributed by atoms with Gasteiger partial charge in [-0.15, -0.1) is 0 Å². The first-order chi connectivity index (χ1) is 7.86. The fraction of sp³-hybridized carbons (Fsp3) is 0.333. The molecule has 0 saturated heterocycles. The molecule has 0 aromatic carbocycles. The number of nitrogens with one attached hydrogen (secondary N) is 1. The number of allylic oxidation sites excluding steroid dienone is 2. The summed E-state index contributed by atoms with van der Waals surface area (Å²) >= 11 is 0.